The number of esters is 1. The first-order valence-corrected chi connectivity index (χ1v) is 6.84. The minimum Gasteiger partial charge on any atom is -0.462 e. The summed E-state index contributed by atoms with van der Waals surface area (Å²) in [5, 5.41) is 0. The van der Waals surface area contributed by atoms with Crippen molar-refractivity contribution < 1.29 is 9.53 Å². The normalized spacial score (nSPS) is 20.4. The van der Waals surface area contributed by atoms with Gasteiger partial charge in [0.05, 0.1) is 17.9 Å². The Morgan fingerprint density at radius 2 is 2.11 bits per heavy atom. The molecule has 1 saturated heterocycles. The number of anilines is 1. The highest BCUT2D eigenvalue weighted by molar-refractivity contribution is 5.95. The number of likely N-dealkylation sites (N-methyl/N-ethyl adjacent to an activating group) is 1. The molecule has 0 bridgehead atoms. The van der Waals surface area contributed by atoms with Gasteiger partial charge in [-0.15, -0.1) is 0 Å². The van der Waals surface area contributed by atoms with Crippen LogP contribution in [0.2, 0.25) is 0 Å². The molecule has 1 aliphatic rings. The van der Waals surface area contributed by atoms with Crippen molar-refractivity contribution in [2.24, 2.45) is 0 Å². The van der Waals surface area contributed by atoms with E-state index < -0.39 is 0 Å². The fourth-order valence-electron chi connectivity index (χ4n) is 2.40. The topological polar surface area (TPSA) is 32.8 Å². The average molecular weight is 262 g/mol. The lowest BCUT2D eigenvalue weighted by atomic mass is 10.1. The van der Waals surface area contributed by atoms with Gasteiger partial charge in [0.15, 0.2) is 0 Å². The number of benzene rings is 1. The van der Waals surface area contributed by atoms with Crippen LogP contribution >= 0.6 is 0 Å². The van der Waals surface area contributed by atoms with Gasteiger partial charge < -0.3 is 14.5 Å². The second-order valence-corrected chi connectivity index (χ2v) is 5.01. The fourth-order valence-corrected chi connectivity index (χ4v) is 2.40. The molecule has 0 spiro atoms. The molecule has 1 fully saturated rings. The van der Waals surface area contributed by atoms with Gasteiger partial charge in [-0.05, 0) is 33.0 Å². The highest BCUT2D eigenvalue weighted by atomic mass is 16.5. The predicted molar refractivity (Wildman–Crippen MR) is 76.7 cm³/mol. The van der Waals surface area contributed by atoms with Crippen LogP contribution in [0.25, 0.3) is 0 Å². The number of para-hydroxylation sites is 1. The molecule has 1 aromatic rings. The van der Waals surface area contributed by atoms with Crippen LogP contribution in [0, 0.1) is 0 Å². The molecule has 1 unspecified atom stereocenters. The van der Waals surface area contributed by atoms with Gasteiger partial charge in [-0.25, -0.2) is 4.79 Å². The van der Waals surface area contributed by atoms with Gasteiger partial charge in [-0.1, -0.05) is 12.1 Å². The van der Waals surface area contributed by atoms with Gasteiger partial charge in [0.25, 0.3) is 0 Å². The smallest absolute Gasteiger partial charge is 0.340 e. The Morgan fingerprint density at radius 3 is 2.79 bits per heavy atom. The predicted octanol–water partition coefficient (Wildman–Crippen LogP) is 2.00. The van der Waals surface area contributed by atoms with Crippen molar-refractivity contribution in [3.05, 3.63) is 29.8 Å². The first kappa shape index (κ1) is 13.9. The first-order valence-electron chi connectivity index (χ1n) is 6.84. The third-order valence-corrected chi connectivity index (χ3v) is 3.70. The zero-order chi connectivity index (χ0) is 13.8. The molecule has 0 aliphatic carbocycles. The van der Waals surface area contributed by atoms with Crippen LogP contribution in [0.1, 0.15) is 24.2 Å². The van der Waals surface area contributed by atoms with Gasteiger partial charge in [-0.2, -0.15) is 0 Å². The molecule has 1 heterocycles. The second kappa shape index (κ2) is 6.06. The Kier molecular flexibility index (Phi) is 4.43. The van der Waals surface area contributed by atoms with E-state index in [4.69, 9.17) is 4.74 Å². The van der Waals surface area contributed by atoms with Gasteiger partial charge >= 0.3 is 5.97 Å². The Morgan fingerprint density at radius 1 is 1.37 bits per heavy atom. The van der Waals surface area contributed by atoms with E-state index in [1.165, 1.54) is 0 Å². The van der Waals surface area contributed by atoms with Gasteiger partial charge in [0, 0.05) is 25.7 Å². The number of hydrogen-bond donors (Lipinski definition) is 0. The Balaban J connectivity index is 2.22. The molecule has 4 nitrogen and oxygen atoms in total. The van der Waals surface area contributed by atoms with Crippen LogP contribution in [0.5, 0.6) is 0 Å². The molecular weight excluding hydrogens is 240 g/mol. The molecule has 2 rings (SSSR count). The second-order valence-electron chi connectivity index (χ2n) is 5.01. The average Bonchev–Trinajstić information content (AvgIpc) is 2.42. The van der Waals surface area contributed by atoms with Crippen molar-refractivity contribution in [3.8, 4) is 0 Å². The van der Waals surface area contributed by atoms with Crippen molar-refractivity contribution in [1.82, 2.24) is 4.90 Å². The summed E-state index contributed by atoms with van der Waals surface area (Å²) >= 11 is 0. The standard InChI is InChI=1S/C15H22N2O2/c1-4-19-15(18)13-7-5-6-8-14(13)17-10-9-16(3)12(2)11-17/h5-8,12H,4,9-11H2,1-3H3. The number of rotatable bonds is 3. The maximum absolute atomic E-state index is 12.0. The molecule has 0 saturated carbocycles. The number of hydrogen-bond acceptors (Lipinski definition) is 4. The lowest BCUT2D eigenvalue weighted by molar-refractivity contribution is 0.0527. The number of carbonyl (C=O) groups excluding carboxylic acids is 1. The molecular formula is C15H22N2O2. The molecule has 1 aromatic carbocycles. The van der Waals surface area contributed by atoms with Gasteiger partial charge in [0.2, 0.25) is 0 Å². The lowest BCUT2D eigenvalue weighted by Gasteiger charge is -2.39. The Labute approximate surface area is 115 Å². The van der Waals surface area contributed by atoms with E-state index in [-0.39, 0.29) is 5.97 Å². The number of carbonyl (C=O) groups is 1. The highest BCUT2D eigenvalue weighted by Gasteiger charge is 2.24. The van der Waals surface area contributed by atoms with Crippen LogP contribution in [-0.4, -0.2) is 50.2 Å². The Bertz CT molecular complexity index is 448. The van der Waals surface area contributed by atoms with Crippen LogP contribution in [0.15, 0.2) is 24.3 Å². The summed E-state index contributed by atoms with van der Waals surface area (Å²) in [6, 6.07) is 8.20. The summed E-state index contributed by atoms with van der Waals surface area (Å²) in [7, 11) is 2.14. The molecule has 1 atom stereocenters. The largest absolute Gasteiger partial charge is 0.462 e. The summed E-state index contributed by atoms with van der Waals surface area (Å²) in [5.41, 5.74) is 1.65. The van der Waals surface area contributed by atoms with E-state index in [1.54, 1.807) is 0 Å². The monoisotopic (exact) mass is 262 g/mol. The third kappa shape index (κ3) is 3.07. The zero-order valence-corrected chi connectivity index (χ0v) is 11.9. The summed E-state index contributed by atoms with van der Waals surface area (Å²) in [6.45, 7) is 7.34. The molecule has 19 heavy (non-hydrogen) atoms. The lowest BCUT2D eigenvalue weighted by Crippen LogP contribution is -2.50. The van der Waals surface area contributed by atoms with Crippen molar-refractivity contribution >= 4 is 11.7 Å². The number of nitrogens with zero attached hydrogens (tertiary/aromatic N) is 2. The zero-order valence-electron chi connectivity index (χ0n) is 11.9. The molecule has 0 amide bonds. The minimum atomic E-state index is -0.232. The van der Waals surface area contributed by atoms with E-state index in [0.717, 1.165) is 25.3 Å². The quantitative estimate of drug-likeness (QED) is 0.780. The molecule has 0 N–H and O–H groups in total. The molecule has 4 heteroatoms. The van der Waals surface area contributed by atoms with Crippen LogP contribution < -0.4 is 4.90 Å². The van der Waals surface area contributed by atoms with Gasteiger partial charge in [0.1, 0.15) is 0 Å². The van der Waals surface area contributed by atoms with Gasteiger partial charge in [-0.3, -0.25) is 0 Å². The third-order valence-electron chi connectivity index (χ3n) is 3.70. The highest BCUT2D eigenvalue weighted by Crippen LogP contribution is 2.23. The maximum Gasteiger partial charge on any atom is 0.340 e. The summed E-state index contributed by atoms with van der Waals surface area (Å²) < 4.78 is 5.13. The van der Waals surface area contributed by atoms with E-state index in [9.17, 15) is 4.79 Å². The van der Waals surface area contributed by atoms with Crippen molar-refractivity contribution in [2.45, 2.75) is 19.9 Å². The van der Waals surface area contributed by atoms with E-state index in [2.05, 4.69) is 23.8 Å². The van der Waals surface area contributed by atoms with E-state index >= 15 is 0 Å². The van der Waals surface area contributed by atoms with Crippen LogP contribution in [0.3, 0.4) is 0 Å². The maximum atomic E-state index is 12.0. The van der Waals surface area contributed by atoms with Crippen molar-refractivity contribution in [2.75, 3.05) is 38.2 Å². The van der Waals surface area contributed by atoms with E-state index in [1.807, 2.05) is 31.2 Å². The summed E-state index contributed by atoms with van der Waals surface area (Å²) in [4.78, 5) is 16.6. The molecule has 0 radical (unpaired) electrons. The van der Waals surface area contributed by atoms with Crippen LogP contribution in [-0.2, 0) is 4.74 Å². The van der Waals surface area contributed by atoms with Crippen molar-refractivity contribution in [3.63, 3.8) is 0 Å². The number of piperazine rings is 1. The summed E-state index contributed by atoms with van der Waals surface area (Å²) in [5.74, 6) is -0.232. The first-order chi connectivity index (χ1) is 9.13. The number of ether oxygens (including phenoxy) is 1. The molecule has 0 aromatic heterocycles. The van der Waals surface area contributed by atoms with Crippen LogP contribution in [0.4, 0.5) is 5.69 Å². The molecule has 1 aliphatic heterocycles. The van der Waals surface area contributed by atoms with Crippen molar-refractivity contribution in [1.29, 1.82) is 0 Å². The van der Waals surface area contributed by atoms with E-state index in [0.29, 0.717) is 18.2 Å². The molecule has 104 valence electrons. The Hall–Kier alpha value is -1.55. The fraction of sp³-hybridized carbons (Fsp3) is 0.533. The SMILES string of the molecule is CCOC(=O)c1ccccc1N1CCN(C)C(C)C1. The minimum absolute atomic E-state index is 0.232. The summed E-state index contributed by atoms with van der Waals surface area (Å²) in [6.07, 6.45) is 0.